The minimum atomic E-state index is -0.688. The summed E-state index contributed by atoms with van der Waals surface area (Å²) < 4.78 is 10.5. The molecule has 1 N–H and O–H groups in total. The molecule has 0 aromatic heterocycles. The van der Waals surface area contributed by atoms with Crippen molar-refractivity contribution in [1.29, 1.82) is 0 Å². The Kier molecular flexibility index (Phi) is 5.98. The van der Waals surface area contributed by atoms with E-state index in [9.17, 15) is 9.90 Å². The Morgan fingerprint density at radius 1 is 1.23 bits per heavy atom. The van der Waals surface area contributed by atoms with Gasteiger partial charge in [0.2, 0.25) is 0 Å². The van der Waals surface area contributed by atoms with Gasteiger partial charge < -0.3 is 14.6 Å². The van der Waals surface area contributed by atoms with Crippen LogP contribution in [-0.2, 0) is 11.3 Å². The van der Waals surface area contributed by atoms with Crippen LogP contribution in [0.1, 0.15) is 27.6 Å². The maximum absolute atomic E-state index is 11.9. The molecular weight excluding hydrogens is 348 g/mol. The molecule has 0 aliphatic heterocycles. The second kappa shape index (κ2) is 7.96. The molecule has 0 heterocycles. The van der Waals surface area contributed by atoms with Crippen LogP contribution >= 0.6 is 15.9 Å². The van der Waals surface area contributed by atoms with E-state index in [1.54, 1.807) is 18.2 Å². The first-order chi connectivity index (χ1) is 10.7. The first-order valence-electron chi connectivity index (χ1n) is 6.78. The standard InChI is InChI=1S/C17H17BrO4/c1-21-17(20)14-9-13(15(19)10-18)7-8-16(14)22-11-12-5-3-2-4-6-12/h2-9,15,19H,10-11H2,1H3. The molecule has 0 aliphatic carbocycles. The van der Waals surface area contributed by atoms with Crippen LogP contribution in [0.4, 0.5) is 0 Å². The molecule has 0 fully saturated rings. The fraction of sp³-hybridized carbons (Fsp3) is 0.235. The molecule has 0 bridgehead atoms. The number of benzene rings is 2. The summed E-state index contributed by atoms with van der Waals surface area (Å²) in [6, 6.07) is 14.7. The fourth-order valence-corrected chi connectivity index (χ4v) is 2.35. The number of alkyl halides is 1. The number of halogens is 1. The van der Waals surface area contributed by atoms with E-state index in [1.165, 1.54) is 7.11 Å². The van der Waals surface area contributed by atoms with Crippen LogP contribution in [0, 0.1) is 0 Å². The van der Waals surface area contributed by atoms with Crippen molar-refractivity contribution in [2.45, 2.75) is 12.7 Å². The molecule has 0 saturated heterocycles. The number of ether oxygens (including phenoxy) is 2. The van der Waals surface area contributed by atoms with Crippen LogP contribution in [0.15, 0.2) is 48.5 Å². The minimum Gasteiger partial charge on any atom is -0.488 e. The number of rotatable bonds is 6. The minimum absolute atomic E-state index is 0.302. The van der Waals surface area contributed by atoms with E-state index >= 15 is 0 Å². The summed E-state index contributed by atoms with van der Waals surface area (Å²) in [5.74, 6) is -0.0621. The third-order valence-electron chi connectivity index (χ3n) is 3.18. The zero-order chi connectivity index (χ0) is 15.9. The van der Waals surface area contributed by atoms with Crippen molar-refractivity contribution in [1.82, 2.24) is 0 Å². The topological polar surface area (TPSA) is 55.8 Å². The number of esters is 1. The first kappa shape index (κ1) is 16.5. The van der Waals surface area contributed by atoms with Gasteiger partial charge in [-0.2, -0.15) is 0 Å². The molecule has 0 spiro atoms. The third kappa shape index (κ3) is 4.08. The Balaban J connectivity index is 2.24. The van der Waals surface area contributed by atoms with Crippen molar-refractivity contribution in [2.24, 2.45) is 0 Å². The highest BCUT2D eigenvalue weighted by Crippen LogP contribution is 2.26. The van der Waals surface area contributed by atoms with Crippen molar-refractivity contribution >= 4 is 21.9 Å². The predicted molar refractivity (Wildman–Crippen MR) is 87.3 cm³/mol. The van der Waals surface area contributed by atoms with Crippen molar-refractivity contribution in [2.75, 3.05) is 12.4 Å². The Bertz CT molecular complexity index is 628. The molecule has 0 radical (unpaired) electrons. The predicted octanol–water partition coefficient (Wildman–Crippen LogP) is 3.48. The molecule has 0 amide bonds. The van der Waals surface area contributed by atoms with E-state index in [0.29, 0.717) is 28.8 Å². The summed E-state index contributed by atoms with van der Waals surface area (Å²) in [5, 5.41) is 10.3. The van der Waals surface area contributed by atoms with Crippen LogP contribution in [-0.4, -0.2) is 23.5 Å². The van der Waals surface area contributed by atoms with Crippen molar-refractivity contribution < 1.29 is 19.4 Å². The average molecular weight is 365 g/mol. The Morgan fingerprint density at radius 2 is 1.95 bits per heavy atom. The normalized spacial score (nSPS) is 11.8. The van der Waals surface area contributed by atoms with Gasteiger partial charge in [0.1, 0.15) is 17.9 Å². The molecule has 5 heteroatoms. The van der Waals surface area contributed by atoms with E-state index in [4.69, 9.17) is 9.47 Å². The maximum Gasteiger partial charge on any atom is 0.341 e. The van der Waals surface area contributed by atoms with E-state index in [2.05, 4.69) is 15.9 Å². The summed E-state index contributed by atoms with van der Waals surface area (Å²) in [4.78, 5) is 11.9. The van der Waals surface area contributed by atoms with Crippen molar-refractivity contribution in [3.8, 4) is 5.75 Å². The van der Waals surface area contributed by atoms with Crippen molar-refractivity contribution in [3.63, 3.8) is 0 Å². The molecular formula is C17H17BrO4. The number of aliphatic hydroxyl groups is 1. The summed E-state index contributed by atoms with van der Waals surface area (Å²) in [6.45, 7) is 0.352. The lowest BCUT2D eigenvalue weighted by atomic mass is 10.1. The van der Waals surface area contributed by atoms with Crippen LogP contribution in [0.5, 0.6) is 5.75 Å². The molecule has 22 heavy (non-hydrogen) atoms. The van der Waals surface area contributed by atoms with Crippen LogP contribution < -0.4 is 4.74 Å². The first-order valence-corrected chi connectivity index (χ1v) is 7.91. The summed E-state index contributed by atoms with van der Waals surface area (Å²) >= 11 is 3.21. The Labute approximate surface area is 137 Å². The molecule has 2 aromatic carbocycles. The zero-order valence-electron chi connectivity index (χ0n) is 12.2. The highest BCUT2D eigenvalue weighted by molar-refractivity contribution is 9.09. The van der Waals surface area contributed by atoms with Crippen LogP contribution in [0.2, 0.25) is 0 Å². The van der Waals surface area contributed by atoms with Crippen LogP contribution in [0.25, 0.3) is 0 Å². The number of carbonyl (C=O) groups is 1. The number of aliphatic hydroxyl groups excluding tert-OH is 1. The fourth-order valence-electron chi connectivity index (χ4n) is 1.97. The molecule has 0 saturated carbocycles. The second-order valence-electron chi connectivity index (χ2n) is 4.69. The van der Waals surface area contributed by atoms with Gasteiger partial charge in [0.25, 0.3) is 0 Å². The van der Waals surface area contributed by atoms with Gasteiger partial charge in [-0.25, -0.2) is 4.79 Å². The molecule has 116 valence electrons. The quantitative estimate of drug-likeness (QED) is 0.629. The highest BCUT2D eigenvalue weighted by atomic mass is 79.9. The van der Waals surface area contributed by atoms with E-state index in [-0.39, 0.29) is 0 Å². The maximum atomic E-state index is 11.9. The molecule has 1 unspecified atom stereocenters. The highest BCUT2D eigenvalue weighted by Gasteiger charge is 2.16. The second-order valence-corrected chi connectivity index (χ2v) is 5.34. The van der Waals surface area contributed by atoms with Crippen LogP contribution in [0.3, 0.4) is 0 Å². The lowest BCUT2D eigenvalue weighted by Gasteiger charge is -2.14. The SMILES string of the molecule is COC(=O)c1cc(C(O)CBr)ccc1OCc1ccccc1. The van der Waals surface area contributed by atoms with E-state index < -0.39 is 12.1 Å². The van der Waals surface area contributed by atoms with E-state index in [1.807, 2.05) is 30.3 Å². The third-order valence-corrected chi connectivity index (χ3v) is 3.79. The Hall–Kier alpha value is -1.85. The lowest BCUT2D eigenvalue weighted by molar-refractivity contribution is 0.0595. The molecule has 1 atom stereocenters. The van der Waals surface area contributed by atoms with Gasteiger partial charge in [0.05, 0.1) is 13.2 Å². The lowest BCUT2D eigenvalue weighted by Crippen LogP contribution is -2.08. The number of carbonyl (C=O) groups excluding carboxylic acids is 1. The number of hydrogen-bond donors (Lipinski definition) is 1. The largest absolute Gasteiger partial charge is 0.488 e. The molecule has 4 nitrogen and oxygen atoms in total. The van der Waals surface area contributed by atoms with Gasteiger partial charge in [0, 0.05) is 5.33 Å². The molecule has 2 rings (SSSR count). The van der Waals surface area contributed by atoms with Gasteiger partial charge in [-0.15, -0.1) is 0 Å². The summed E-state index contributed by atoms with van der Waals surface area (Å²) in [7, 11) is 1.32. The van der Waals surface area contributed by atoms with Gasteiger partial charge in [-0.3, -0.25) is 0 Å². The average Bonchev–Trinajstić information content (AvgIpc) is 2.59. The molecule has 0 aliphatic rings. The summed E-state index contributed by atoms with van der Waals surface area (Å²) in [5.41, 5.74) is 1.93. The zero-order valence-corrected chi connectivity index (χ0v) is 13.7. The van der Waals surface area contributed by atoms with Gasteiger partial charge in [0.15, 0.2) is 0 Å². The van der Waals surface area contributed by atoms with Gasteiger partial charge >= 0.3 is 5.97 Å². The smallest absolute Gasteiger partial charge is 0.341 e. The number of methoxy groups -OCH3 is 1. The van der Waals surface area contributed by atoms with Gasteiger partial charge in [-0.05, 0) is 23.3 Å². The van der Waals surface area contributed by atoms with Gasteiger partial charge in [-0.1, -0.05) is 52.3 Å². The monoisotopic (exact) mass is 364 g/mol. The van der Waals surface area contributed by atoms with Crippen molar-refractivity contribution in [3.05, 3.63) is 65.2 Å². The van der Waals surface area contributed by atoms with E-state index in [0.717, 1.165) is 5.56 Å². The number of hydrogen-bond acceptors (Lipinski definition) is 4. The molecule has 2 aromatic rings. The Morgan fingerprint density at radius 3 is 2.59 bits per heavy atom. The summed E-state index contributed by atoms with van der Waals surface area (Å²) in [6.07, 6.45) is -0.688.